The molecule has 79 heavy (non-hydrogen) atoms. The van der Waals surface area contributed by atoms with Gasteiger partial charge in [0.2, 0.25) is 0 Å². The molecule has 0 atom stereocenters. The molecule has 13 aromatic carbocycles. The Kier molecular flexibility index (Phi) is 9.95. The van der Waals surface area contributed by atoms with Gasteiger partial charge in [0.05, 0.1) is 11.4 Å². The summed E-state index contributed by atoms with van der Waals surface area (Å²) in [4.78, 5) is 4.62. The van der Waals surface area contributed by atoms with E-state index in [0.717, 1.165) is 83.6 Å². The number of benzene rings is 13. The van der Waals surface area contributed by atoms with E-state index in [9.17, 15) is 0 Å². The molecule has 1 aliphatic carbocycles. The summed E-state index contributed by atoms with van der Waals surface area (Å²) in [6, 6.07) is 96.6. The van der Waals surface area contributed by atoms with Gasteiger partial charge in [-0.05, 0) is 162 Å². The zero-order chi connectivity index (χ0) is 52.3. The lowest BCUT2D eigenvalue weighted by Gasteiger charge is -2.26. The molecule has 0 fully saturated rings. The van der Waals surface area contributed by atoms with E-state index in [-0.39, 0.29) is 5.41 Å². The van der Waals surface area contributed by atoms with Crippen LogP contribution in [0, 0.1) is 0 Å². The first kappa shape index (κ1) is 45.1. The predicted molar refractivity (Wildman–Crippen MR) is 331 cm³/mol. The Balaban J connectivity index is 0.809. The fourth-order valence-corrected chi connectivity index (χ4v) is 13.3. The summed E-state index contributed by atoms with van der Waals surface area (Å²) < 4.78 is 13.2. The molecule has 0 spiro atoms. The molecule has 372 valence electrons. The van der Waals surface area contributed by atoms with Gasteiger partial charge in [-0.1, -0.05) is 196 Å². The van der Waals surface area contributed by atoms with Crippen LogP contribution in [0.25, 0.3) is 110 Å². The van der Waals surface area contributed by atoms with Crippen LogP contribution in [0.2, 0.25) is 0 Å². The Morgan fingerprint density at radius 3 is 1.28 bits per heavy atom. The lowest BCUT2D eigenvalue weighted by atomic mass is 9.77. The second-order valence-corrected chi connectivity index (χ2v) is 21.5. The molecule has 2 heterocycles. The number of nitrogens with zero attached hydrogens (tertiary/aromatic N) is 2. The maximum absolute atomic E-state index is 6.63. The van der Waals surface area contributed by atoms with Crippen molar-refractivity contribution >= 4 is 110 Å². The van der Waals surface area contributed by atoms with Crippen molar-refractivity contribution in [3.8, 4) is 33.4 Å². The standard InChI is InChI=1S/C75H50N2O2/c1-75(2)71-59-28-12-10-24-55(59)63(48-37-42-53(43-38-48)77(51-21-7-4-8-22-51)67-32-18-30-62-57-26-14-16-34-69(57)79-74(62)67)46-65(71)70-58-27-11-9-23-54(58)64-45-49(39-44-60(64)72(70)75)47-35-40-52(41-36-47)76(50-19-5-3-6-20-50)66-31-17-29-61-56-25-13-15-33-68(56)78-73(61)66/h3-46H,1-2H3. The largest absolute Gasteiger partial charge is 0.454 e. The van der Waals surface area contributed by atoms with Gasteiger partial charge in [0.1, 0.15) is 11.2 Å². The average molecular weight is 1010 g/mol. The van der Waals surface area contributed by atoms with Gasteiger partial charge < -0.3 is 18.6 Å². The molecule has 15 aromatic rings. The number of hydrogen-bond donors (Lipinski definition) is 0. The molecule has 0 amide bonds. The number of para-hydroxylation sites is 6. The number of rotatable bonds is 8. The lowest BCUT2D eigenvalue weighted by molar-refractivity contribution is 0.668. The van der Waals surface area contributed by atoms with Gasteiger partial charge in [0.15, 0.2) is 11.2 Å². The molecule has 16 rings (SSSR count). The molecule has 0 unspecified atom stereocenters. The summed E-state index contributed by atoms with van der Waals surface area (Å²) in [6.07, 6.45) is 0. The first-order valence-corrected chi connectivity index (χ1v) is 27.2. The number of furan rings is 2. The highest BCUT2D eigenvalue weighted by Gasteiger charge is 2.40. The van der Waals surface area contributed by atoms with Crippen molar-refractivity contribution in [1.29, 1.82) is 0 Å². The highest BCUT2D eigenvalue weighted by Crippen LogP contribution is 2.58. The topological polar surface area (TPSA) is 32.8 Å². The molecule has 4 nitrogen and oxygen atoms in total. The van der Waals surface area contributed by atoms with Crippen molar-refractivity contribution in [3.05, 3.63) is 278 Å². The summed E-state index contributed by atoms with van der Waals surface area (Å²) >= 11 is 0. The minimum atomic E-state index is -0.296. The zero-order valence-corrected chi connectivity index (χ0v) is 43.6. The molecule has 0 N–H and O–H groups in total. The van der Waals surface area contributed by atoms with Crippen LogP contribution in [0.4, 0.5) is 34.1 Å². The third-order valence-electron chi connectivity index (χ3n) is 16.8. The molecule has 0 saturated carbocycles. The van der Waals surface area contributed by atoms with E-state index in [4.69, 9.17) is 8.83 Å². The molecular weight excluding hydrogens is 961 g/mol. The van der Waals surface area contributed by atoms with E-state index < -0.39 is 0 Å². The van der Waals surface area contributed by atoms with Crippen molar-refractivity contribution in [2.45, 2.75) is 19.3 Å². The normalized spacial score (nSPS) is 12.8. The van der Waals surface area contributed by atoms with E-state index in [2.05, 4.69) is 272 Å². The van der Waals surface area contributed by atoms with Gasteiger partial charge >= 0.3 is 0 Å². The minimum Gasteiger partial charge on any atom is -0.454 e. The summed E-state index contributed by atoms with van der Waals surface area (Å²) in [5.41, 5.74) is 19.6. The third-order valence-corrected chi connectivity index (χ3v) is 16.8. The summed E-state index contributed by atoms with van der Waals surface area (Å²) in [5, 5.41) is 12.1. The van der Waals surface area contributed by atoms with Gasteiger partial charge in [-0.3, -0.25) is 0 Å². The van der Waals surface area contributed by atoms with Gasteiger partial charge in [-0.15, -0.1) is 0 Å². The number of fused-ring (bicyclic) bond motifs is 16. The highest BCUT2D eigenvalue weighted by molar-refractivity contribution is 6.21. The van der Waals surface area contributed by atoms with Crippen molar-refractivity contribution < 1.29 is 8.83 Å². The van der Waals surface area contributed by atoms with Crippen molar-refractivity contribution in [1.82, 2.24) is 0 Å². The molecule has 2 aromatic heterocycles. The van der Waals surface area contributed by atoms with Crippen molar-refractivity contribution in [2.75, 3.05) is 9.80 Å². The van der Waals surface area contributed by atoms with Crippen molar-refractivity contribution in [2.24, 2.45) is 0 Å². The van der Waals surface area contributed by atoms with Gasteiger partial charge in [0, 0.05) is 49.7 Å². The van der Waals surface area contributed by atoms with Crippen LogP contribution < -0.4 is 9.80 Å². The number of anilines is 6. The first-order valence-electron chi connectivity index (χ1n) is 27.2. The molecular formula is C75H50N2O2. The Hall–Kier alpha value is -10.2. The van der Waals surface area contributed by atoms with Crippen LogP contribution in [-0.2, 0) is 5.41 Å². The fourth-order valence-electron chi connectivity index (χ4n) is 13.3. The summed E-state index contributed by atoms with van der Waals surface area (Å²) in [6.45, 7) is 4.87. The van der Waals surface area contributed by atoms with Crippen LogP contribution in [0.5, 0.6) is 0 Å². The first-order chi connectivity index (χ1) is 39.0. The van der Waals surface area contributed by atoms with E-state index in [1.165, 1.54) is 71.3 Å². The predicted octanol–water partition coefficient (Wildman–Crippen LogP) is 21.5. The van der Waals surface area contributed by atoms with E-state index in [0.29, 0.717) is 0 Å². The minimum absolute atomic E-state index is 0.296. The number of hydrogen-bond acceptors (Lipinski definition) is 4. The molecule has 0 radical (unpaired) electrons. The molecule has 0 saturated heterocycles. The van der Waals surface area contributed by atoms with Crippen LogP contribution in [0.3, 0.4) is 0 Å². The van der Waals surface area contributed by atoms with Crippen LogP contribution in [0.1, 0.15) is 25.0 Å². The molecule has 1 aliphatic rings. The Bertz CT molecular complexity index is 4920. The highest BCUT2D eigenvalue weighted by atomic mass is 16.3. The van der Waals surface area contributed by atoms with Gasteiger partial charge in [-0.2, -0.15) is 0 Å². The van der Waals surface area contributed by atoms with Crippen LogP contribution in [0.15, 0.2) is 276 Å². The lowest BCUT2D eigenvalue weighted by Crippen LogP contribution is -2.16. The van der Waals surface area contributed by atoms with Crippen LogP contribution in [-0.4, -0.2) is 0 Å². The zero-order valence-electron chi connectivity index (χ0n) is 43.6. The molecule has 0 bridgehead atoms. The average Bonchev–Trinajstić information content (AvgIpc) is 3.52. The molecule has 4 heteroatoms. The summed E-state index contributed by atoms with van der Waals surface area (Å²) in [7, 11) is 0. The quantitative estimate of drug-likeness (QED) is 0.142. The smallest absolute Gasteiger partial charge is 0.159 e. The maximum atomic E-state index is 6.63. The van der Waals surface area contributed by atoms with Gasteiger partial charge in [0.25, 0.3) is 0 Å². The molecule has 0 aliphatic heterocycles. The third kappa shape index (κ3) is 6.87. The SMILES string of the molecule is CC1(C)c2c(cc(-c3ccc(N(c4ccccc4)c4cccc5c4oc4ccccc45)cc3)c3ccccc23)-c2c1c1ccc(-c3ccc(N(c4ccccc4)c4cccc5c4oc4ccccc45)cc3)cc1c1ccccc21. The van der Waals surface area contributed by atoms with Crippen LogP contribution >= 0.6 is 0 Å². The Labute approximate surface area is 457 Å². The Morgan fingerprint density at radius 1 is 0.278 bits per heavy atom. The summed E-state index contributed by atoms with van der Waals surface area (Å²) in [5.74, 6) is 0. The van der Waals surface area contributed by atoms with E-state index >= 15 is 0 Å². The second kappa shape index (κ2) is 17.4. The monoisotopic (exact) mass is 1010 g/mol. The van der Waals surface area contributed by atoms with E-state index in [1.54, 1.807) is 0 Å². The van der Waals surface area contributed by atoms with Crippen molar-refractivity contribution in [3.63, 3.8) is 0 Å². The fraction of sp³-hybridized carbons (Fsp3) is 0.0400. The Morgan fingerprint density at radius 2 is 0.709 bits per heavy atom. The maximum Gasteiger partial charge on any atom is 0.159 e. The second-order valence-electron chi connectivity index (χ2n) is 21.5. The van der Waals surface area contributed by atoms with E-state index in [1.807, 2.05) is 18.2 Å². The van der Waals surface area contributed by atoms with Gasteiger partial charge in [-0.25, -0.2) is 0 Å².